The van der Waals surface area contributed by atoms with Crippen molar-refractivity contribution < 1.29 is 19.4 Å². The van der Waals surface area contributed by atoms with Crippen molar-refractivity contribution in [2.75, 3.05) is 12.3 Å². The predicted octanol–water partition coefficient (Wildman–Crippen LogP) is 5.15. The third-order valence-electron chi connectivity index (χ3n) is 4.60. The van der Waals surface area contributed by atoms with Gasteiger partial charge in [-0.1, -0.05) is 23.2 Å². The number of pyridine rings is 2. The van der Waals surface area contributed by atoms with Gasteiger partial charge >= 0.3 is 0 Å². The average molecular weight is 490 g/mol. The average Bonchev–Trinajstić information content (AvgIpc) is 3.19. The van der Waals surface area contributed by atoms with E-state index in [4.69, 9.17) is 48.3 Å². The monoisotopic (exact) mass is 489 g/mol. The van der Waals surface area contributed by atoms with Gasteiger partial charge in [-0.2, -0.15) is 5.10 Å². The molecule has 0 saturated carbocycles. The van der Waals surface area contributed by atoms with Crippen LogP contribution in [0.4, 0.5) is 5.82 Å². The Bertz CT molecular complexity index is 1240. The molecule has 172 valence electrons. The first-order valence-corrected chi connectivity index (χ1v) is 10.5. The van der Waals surface area contributed by atoms with Crippen molar-refractivity contribution in [3.63, 3.8) is 0 Å². The standard InChI is InChI=1S/C21H19Cl2N5O2.CH2O2/c1-3-29-18-6-12(8-26-21(18)24)20-14-7-13(4-5-17(14)27-28-20)30-11(2)19-15(22)9-25-10-16(19)23;2-1-3/h4-11H,3H2,1-2H3,(H2,24,26)(H,27,28);1H,(H,2,3)/t11-;/m1./s1. The second-order valence-electron chi connectivity index (χ2n) is 6.70. The highest BCUT2D eigenvalue weighted by atomic mass is 35.5. The Morgan fingerprint density at radius 2 is 1.91 bits per heavy atom. The molecule has 0 bridgehead atoms. The zero-order valence-electron chi connectivity index (χ0n) is 17.8. The lowest BCUT2D eigenvalue weighted by Crippen LogP contribution is -2.05. The number of carboxylic acid groups (broad SMARTS) is 1. The van der Waals surface area contributed by atoms with Crippen LogP contribution in [0.15, 0.2) is 42.9 Å². The van der Waals surface area contributed by atoms with Crippen LogP contribution in [0.1, 0.15) is 25.5 Å². The van der Waals surface area contributed by atoms with Crippen LogP contribution < -0.4 is 15.2 Å². The number of rotatable bonds is 6. The van der Waals surface area contributed by atoms with E-state index in [1.807, 2.05) is 38.1 Å². The summed E-state index contributed by atoms with van der Waals surface area (Å²) in [6.45, 7) is 4.01. The van der Waals surface area contributed by atoms with E-state index in [1.54, 1.807) is 18.6 Å². The Morgan fingerprint density at radius 3 is 2.58 bits per heavy atom. The molecule has 0 spiro atoms. The van der Waals surface area contributed by atoms with Crippen LogP contribution in [-0.2, 0) is 4.79 Å². The van der Waals surface area contributed by atoms with E-state index in [2.05, 4.69) is 20.2 Å². The lowest BCUT2D eigenvalue weighted by molar-refractivity contribution is -0.122. The number of hydrogen-bond acceptors (Lipinski definition) is 7. The van der Waals surface area contributed by atoms with Crippen molar-refractivity contribution in [1.29, 1.82) is 0 Å². The number of carbonyl (C=O) groups is 1. The number of halogens is 2. The third-order valence-corrected chi connectivity index (χ3v) is 5.20. The van der Waals surface area contributed by atoms with Gasteiger partial charge in [0.2, 0.25) is 0 Å². The van der Waals surface area contributed by atoms with Crippen LogP contribution in [0.25, 0.3) is 22.2 Å². The number of fused-ring (bicyclic) bond motifs is 1. The first-order valence-electron chi connectivity index (χ1n) is 9.79. The molecule has 1 aromatic carbocycles. The van der Waals surface area contributed by atoms with Crippen molar-refractivity contribution in [3.05, 3.63) is 58.5 Å². The van der Waals surface area contributed by atoms with E-state index < -0.39 is 0 Å². The zero-order chi connectivity index (χ0) is 24.0. The Kier molecular flexibility index (Phi) is 7.92. The molecule has 0 fully saturated rings. The maximum Gasteiger partial charge on any atom is 0.290 e. The van der Waals surface area contributed by atoms with Gasteiger partial charge in [-0.15, -0.1) is 0 Å². The molecular formula is C22H21Cl2N5O4. The highest BCUT2D eigenvalue weighted by molar-refractivity contribution is 6.35. The van der Waals surface area contributed by atoms with Gasteiger partial charge in [0, 0.05) is 35.1 Å². The number of aromatic amines is 1. The molecule has 0 amide bonds. The quantitative estimate of drug-likeness (QED) is 0.316. The van der Waals surface area contributed by atoms with Crippen LogP contribution in [0.3, 0.4) is 0 Å². The molecule has 33 heavy (non-hydrogen) atoms. The van der Waals surface area contributed by atoms with Crippen LogP contribution in [0.5, 0.6) is 11.5 Å². The fraction of sp³-hybridized carbons (Fsp3) is 0.182. The summed E-state index contributed by atoms with van der Waals surface area (Å²) >= 11 is 12.5. The molecule has 0 saturated heterocycles. The van der Waals surface area contributed by atoms with Crippen LogP contribution >= 0.6 is 23.2 Å². The summed E-state index contributed by atoms with van der Waals surface area (Å²) in [5.41, 5.74) is 8.94. The van der Waals surface area contributed by atoms with Gasteiger partial charge in [0.25, 0.3) is 6.47 Å². The van der Waals surface area contributed by atoms with Crippen LogP contribution in [0.2, 0.25) is 10.0 Å². The summed E-state index contributed by atoms with van der Waals surface area (Å²) in [5.74, 6) is 1.51. The Hall–Kier alpha value is -3.56. The fourth-order valence-electron chi connectivity index (χ4n) is 3.21. The van der Waals surface area contributed by atoms with Gasteiger partial charge in [-0.25, -0.2) is 4.98 Å². The second-order valence-corrected chi connectivity index (χ2v) is 7.52. The van der Waals surface area contributed by atoms with Crippen molar-refractivity contribution in [2.24, 2.45) is 0 Å². The SMILES string of the molecule is CCOc1cc(-c2n[nH]c3ccc(O[C@H](C)c4c(Cl)cncc4Cl)cc23)cnc1N.O=CO. The molecule has 0 aliphatic rings. The van der Waals surface area contributed by atoms with Gasteiger partial charge in [-0.3, -0.25) is 14.9 Å². The maximum atomic E-state index is 8.36. The number of H-pyrrole nitrogens is 1. The van der Waals surface area contributed by atoms with Gasteiger partial charge in [0.15, 0.2) is 11.6 Å². The number of anilines is 1. The van der Waals surface area contributed by atoms with Crippen molar-refractivity contribution in [2.45, 2.75) is 20.0 Å². The molecule has 11 heteroatoms. The number of nitrogens with two attached hydrogens (primary N) is 1. The summed E-state index contributed by atoms with van der Waals surface area (Å²) < 4.78 is 11.7. The topological polar surface area (TPSA) is 136 Å². The van der Waals surface area contributed by atoms with E-state index in [0.717, 1.165) is 22.2 Å². The number of aromatic nitrogens is 4. The molecular weight excluding hydrogens is 469 g/mol. The Morgan fingerprint density at radius 1 is 1.21 bits per heavy atom. The smallest absolute Gasteiger partial charge is 0.290 e. The lowest BCUT2D eigenvalue weighted by Gasteiger charge is -2.17. The maximum absolute atomic E-state index is 8.36. The van der Waals surface area contributed by atoms with E-state index in [-0.39, 0.29) is 12.6 Å². The third kappa shape index (κ3) is 5.44. The number of benzene rings is 1. The molecule has 9 nitrogen and oxygen atoms in total. The van der Waals surface area contributed by atoms with E-state index in [1.165, 1.54) is 0 Å². The Balaban J connectivity index is 0.000000968. The molecule has 0 aliphatic carbocycles. The normalized spacial score (nSPS) is 11.4. The molecule has 4 N–H and O–H groups in total. The largest absolute Gasteiger partial charge is 0.490 e. The predicted molar refractivity (Wildman–Crippen MR) is 127 cm³/mol. The summed E-state index contributed by atoms with van der Waals surface area (Å²) in [5, 5.41) is 16.1. The minimum atomic E-state index is -0.372. The lowest BCUT2D eigenvalue weighted by atomic mass is 10.1. The summed E-state index contributed by atoms with van der Waals surface area (Å²) in [4.78, 5) is 16.6. The molecule has 4 aromatic rings. The van der Waals surface area contributed by atoms with Crippen molar-refractivity contribution in [1.82, 2.24) is 20.2 Å². The van der Waals surface area contributed by atoms with Gasteiger partial charge < -0.3 is 20.3 Å². The number of ether oxygens (including phenoxy) is 2. The molecule has 0 radical (unpaired) electrons. The van der Waals surface area contributed by atoms with E-state index >= 15 is 0 Å². The van der Waals surface area contributed by atoms with Gasteiger partial charge in [0.05, 0.1) is 22.2 Å². The van der Waals surface area contributed by atoms with Gasteiger partial charge in [-0.05, 0) is 38.1 Å². The summed E-state index contributed by atoms with van der Waals surface area (Å²) in [6.07, 6.45) is 4.39. The van der Waals surface area contributed by atoms with Crippen molar-refractivity contribution in [3.8, 4) is 22.8 Å². The molecule has 3 heterocycles. The number of nitrogens with one attached hydrogen (secondary N) is 1. The highest BCUT2D eigenvalue weighted by Gasteiger charge is 2.17. The Labute approximate surface area is 199 Å². The molecule has 0 aliphatic heterocycles. The first kappa shape index (κ1) is 24.1. The molecule has 0 unspecified atom stereocenters. The fourth-order valence-corrected chi connectivity index (χ4v) is 3.89. The van der Waals surface area contributed by atoms with E-state index in [0.29, 0.717) is 39.5 Å². The summed E-state index contributed by atoms with van der Waals surface area (Å²) in [6, 6.07) is 7.49. The molecule has 3 aromatic heterocycles. The first-order chi connectivity index (χ1) is 15.9. The minimum Gasteiger partial charge on any atom is -0.490 e. The number of hydrogen-bond donors (Lipinski definition) is 3. The summed E-state index contributed by atoms with van der Waals surface area (Å²) in [7, 11) is 0. The van der Waals surface area contributed by atoms with Crippen LogP contribution in [0, 0.1) is 0 Å². The highest BCUT2D eigenvalue weighted by Crippen LogP contribution is 2.35. The molecule has 1 atom stereocenters. The zero-order valence-corrected chi connectivity index (χ0v) is 19.3. The number of nitrogens with zero attached hydrogens (tertiary/aromatic N) is 3. The van der Waals surface area contributed by atoms with Crippen LogP contribution in [-0.4, -0.2) is 38.4 Å². The van der Waals surface area contributed by atoms with Crippen molar-refractivity contribution >= 4 is 46.4 Å². The second kappa shape index (κ2) is 10.8. The van der Waals surface area contributed by atoms with Gasteiger partial charge in [0.1, 0.15) is 17.5 Å². The molecule has 4 rings (SSSR count). The van der Waals surface area contributed by atoms with E-state index in [9.17, 15) is 0 Å². The minimum absolute atomic E-state index is 0.250. The number of nitrogen functional groups attached to an aromatic ring is 1.